The van der Waals surface area contributed by atoms with Gasteiger partial charge in [0.1, 0.15) is 0 Å². The van der Waals surface area contributed by atoms with Crippen molar-refractivity contribution in [2.45, 2.75) is 12.5 Å². The van der Waals surface area contributed by atoms with Crippen molar-refractivity contribution >= 4 is 17.3 Å². The van der Waals surface area contributed by atoms with Crippen LogP contribution in [-0.2, 0) is 11.2 Å². The second-order valence-electron chi connectivity index (χ2n) is 4.91. The van der Waals surface area contributed by atoms with Crippen molar-refractivity contribution in [2.75, 3.05) is 37.2 Å². The first-order chi connectivity index (χ1) is 8.74. The molecule has 0 aromatic heterocycles. The quantitative estimate of drug-likeness (QED) is 0.612. The van der Waals surface area contributed by atoms with Gasteiger partial charge in [-0.3, -0.25) is 9.69 Å². The summed E-state index contributed by atoms with van der Waals surface area (Å²) in [6.07, 6.45) is 0.756. The van der Waals surface area contributed by atoms with Gasteiger partial charge in [-0.1, -0.05) is 0 Å². The Kier molecular flexibility index (Phi) is 2.93. The molecule has 5 nitrogen and oxygen atoms in total. The van der Waals surface area contributed by atoms with Crippen molar-refractivity contribution in [3.63, 3.8) is 0 Å². The third-order valence-corrected chi connectivity index (χ3v) is 3.70. The van der Waals surface area contributed by atoms with Gasteiger partial charge in [0.05, 0.1) is 6.04 Å². The number of fused-ring (bicyclic) bond motifs is 1. The van der Waals surface area contributed by atoms with Crippen LogP contribution in [0.2, 0.25) is 0 Å². The molecule has 96 valence electrons. The fourth-order valence-corrected chi connectivity index (χ4v) is 2.71. The van der Waals surface area contributed by atoms with Gasteiger partial charge in [-0.05, 0) is 30.2 Å². The van der Waals surface area contributed by atoms with E-state index in [0.717, 1.165) is 49.5 Å². The van der Waals surface area contributed by atoms with E-state index in [1.807, 2.05) is 18.2 Å². The van der Waals surface area contributed by atoms with Gasteiger partial charge in [0, 0.05) is 37.6 Å². The zero-order valence-corrected chi connectivity index (χ0v) is 10.3. The molecule has 0 bridgehead atoms. The van der Waals surface area contributed by atoms with E-state index in [0.29, 0.717) is 0 Å². The summed E-state index contributed by atoms with van der Waals surface area (Å²) in [6, 6.07) is 5.62. The summed E-state index contributed by atoms with van der Waals surface area (Å²) in [5.41, 5.74) is 8.60. The van der Waals surface area contributed by atoms with Crippen LogP contribution < -0.4 is 16.4 Å². The van der Waals surface area contributed by atoms with E-state index in [-0.39, 0.29) is 11.9 Å². The van der Waals surface area contributed by atoms with Crippen molar-refractivity contribution in [2.24, 2.45) is 0 Å². The number of nitrogen functional groups attached to an aromatic ring is 1. The van der Waals surface area contributed by atoms with Gasteiger partial charge in [-0.25, -0.2) is 0 Å². The topological polar surface area (TPSA) is 70.4 Å². The highest BCUT2D eigenvalue weighted by Gasteiger charge is 2.31. The van der Waals surface area contributed by atoms with Crippen molar-refractivity contribution in [1.82, 2.24) is 10.2 Å². The number of anilines is 2. The number of nitrogens with zero attached hydrogens (tertiary/aromatic N) is 1. The molecular formula is C13H18N4O. The first kappa shape index (κ1) is 11.5. The Morgan fingerprint density at radius 2 is 2.06 bits per heavy atom. The van der Waals surface area contributed by atoms with E-state index in [9.17, 15) is 4.79 Å². The van der Waals surface area contributed by atoms with Gasteiger partial charge >= 0.3 is 0 Å². The van der Waals surface area contributed by atoms with Crippen molar-refractivity contribution in [3.05, 3.63) is 23.8 Å². The Hall–Kier alpha value is -1.59. The average Bonchev–Trinajstić information content (AvgIpc) is 2.39. The predicted octanol–water partition coefficient (Wildman–Crippen LogP) is 0.0372. The molecule has 18 heavy (non-hydrogen) atoms. The molecular weight excluding hydrogens is 228 g/mol. The van der Waals surface area contributed by atoms with Crippen LogP contribution in [0, 0.1) is 0 Å². The maximum atomic E-state index is 12.1. The number of benzene rings is 1. The van der Waals surface area contributed by atoms with Gasteiger partial charge in [-0.2, -0.15) is 0 Å². The summed E-state index contributed by atoms with van der Waals surface area (Å²) in [4.78, 5) is 14.4. The summed E-state index contributed by atoms with van der Waals surface area (Å²) >= 11 is 0. The highest BCUT2D eigenvalue weighted by molar-refractivity contribution is 5.98. The zero-order valence-electron chi connectivity index (χ0n) is 10.3. The second kappa shape index (κ2) is 4.59. The molecule has 1 saturated heterocycles. The van der Waals surface area contributed by atoms with Crippen molar-refractivity contribution in [1.29, 1.82) is 0 Å². The monoisotopic (exact) mass is 246 g/mol. The highest BCUT2D eigenvalue weighted by Crippen LogP contribution is 2.26. The molecule has 0 radical (unpaired) electrons. The minimum Gasteiger partial charge on any atom is -0.399 e. The van der Waals surface area contributed by atoms with Crippen LogP contribution >= 0.6 is 0 Å². The maximum absolute atomic E-state index is 12.1. The summed E-state index contributed by atoms with van der Waals surface area (Å²) < 4.78 is 0. The van der Waals surface area contributed by atoms with E-state index in [1.165, 1.54) is 0 Å². The summed E-state index contributed by atoms with van der Waals surface area (Å²) in [5, 5.41) is 6.28. The Bertz CT molecular complexity index is 468. The van der Waals surface area contributed by atoms with Gasteiger partial charge in [0.15, 0.2) is 0 Å². The molecule has 1 aromatic rings. The molecule has 0 aliphatic carbocycles. The Labute approximate surface area is 106 Å². The third kappa shape index (κ3) is 2.07. The van der Waals surface area contributed by atoms with Crippen LogP contribution in [0.5, 0.6) is 0 Å². The van der Waals surface area contributed by atoms with Crippen LogP contribution in [0.1, 0.15) is 5.56 Å². The molecule has 0 spiro atoms. The molecule has 2 heterocycles. The summed E-state index contributed by atoms with van der Waals surface area (Å²) in [5.74, 6) is 0.106. The number of carbonyl (C=O) groups is 1. The lowest BCUT2D eigenvalue weighted by molar-refractivity contribution is -0.121. The van der Waals surface area contributed by atoms with Crippen LogP contribution in [0.15, 0.2) is 18.2 Å². The van der Waals surface area contributed by atoms with Crippen LogP contribution in [0.3, 0.4) is 0 Å². The van der Waals surface area contributed by atoms with E-state index >= 15 is 0 Å². The average molecular weight is 246 g/mol. The smallest absolute Gasteiger partial charge is 0.242 e. The predicted molar refractivity (Wildman–Crippen MR) is 71.4 cm³/mol. The van der Waals surface area contributed by atoms with Crippen LogP contribution in [-0.4, -0.2) is 43.0 Å². The molecule has 5 heteroatoms. The molecule has 2 aliphatic heterocycles. The SMILES string of the molecule is Nc1ccc2c(c1)CC(N1CCNCC1)C(=O)N2. The minimum absolute atomic E-state index is 0.0543. The van der Waals surface area contributed by atoms with E-state index in [2.05, 4.69) is 15.5 Å². The van der Waals surface area contributed by atoms with Crippen LogP contribution in [0.25, 0.3) is 0 Å². The number of nitrogens with two attached hydrogens (primary N) is 1. The fraction of sp³-hybridized carbons (Fsp3) is 0.462. The van der Waals surface area contributed by atoms with E-state index < -0.39 is 0 Å². The molecule has 1 aromatic carbocycles. The standard InChI is InChI=1S/C13H18N4O/c14-10-1-2-11-9(7-10)8-12(13(18)16-11)17-5-3-15-4-6-17/h1-2,7,12,15H,3-6,8,14H2,(H,16,18). The van der Waals surface area contributed by atoms with Crippen molar-refractivity contribution in [3.8, 4) is 0 Å². The lowest BCUT2D eigenvalue weighted by atomic mass is 9.97. The molecule has 1 unspecified atom stereocenters. The Balaban J connectivity index is 1.83. The maximum Gasteiger partial charge on any atom is 0.242 e. The van der Waals surface area contributed by atoms with Gasteiger partial charge in [0.2, 0.25) is 5.91 Å². The molecule has 0 saturated carbocycles. The number of carbonyl (C=O) groups excluding carboxylic acids is 1. The first-order valence-electron chi connectivity index (χ1n) is 6.38. The lowest BCUT2D eigenvalue weighted by Crippen LogP contribution is -2.54. The second-order valence-corrected chi connectivity index (χ2v) is 4.91. The summed E-state index contributed by atoms with van der Waals surface area (Å²) in [6.45, 7) is 3.76. The number of amides is 1. The molecule has 2 aliphatic rings. The number of piperazine rings is 1. The lowest BCUT2D eigenvalue weighted by Gasteiger charge is -2.36. The largest absolute Gasteiger partial charge is 0.399 e. The zero-order chi connectivity index (χ0) is 12.5. The Morgan fingerprint density at radius 1 is 1.28 bits per heavy atom. The number of rotatable bonds is 1. The van der Waals surface area contributed by atoms with Gasteiger partial charge < -0.3 is 16.4 Å². The first-order valence-corrected chi connectivity index (χ1v) is 6.38. The number of hydrogen-bond acceptors (Lipinski definition) is 4. The van der Waals surface area contributed by atoms with Crippen LogP contribution in [0.4, 0.5) is 11.4 Å². The molecule has 4 N–H and O–H groups in total. The highest BCUT2D eigenvalue weighted by atomic mass is 16.2. The van der Waals surface area contributed by atoms with Gasteiger partial charge in [-0.15, -0.1) is 0 Å². The third-order valence-electron chi connectivity index (χ3n) is 3.70. The molecule has 3 rings (SSSR count). The summed E-state index contributed by atoms with van der Waals surface area (Å²) in [7, 11) is 0. The van der Waals surface area contributed by atoms with E-state index in [1.54, 1.807) is 0 Å². The number of hydrogen-bond donors (Lipinski definition) is 3. The van der Waals surface area contributed by atoms with E-state index in [4.69, 9.17) is 5.73 Å². The minimum atomic E-state index is -0.0543. The Morgan fingerprint density at radius 3 is 2.83 bits per heavy atom. The number of nitrogens with one attached hydrogen (secondary N) is 2. The van der Waals surface area contributed by atoms with Gasteiger partial charge in [0.25, 0.3) is 0 Å². The fourth-order valence-electron chi connectivity index (χ4n) is 2.71. The normalized spacial score (nSPS) is 24.4. The molecule has 1 atom stereocenters. The molecule has 1 amide bonds. The van der Waals surface area contributed by atoms with Crippen molar-refractivity contribution < 1.29 is 4.79 Å². The molecule has 1 fully saturated rings.